The number of likely N-dealkylation sites (tertiary alicyclic amines) is 1. The highest BCUT2D eigenvalue weighted by Gasteiger charge is 2.36. The van der Waals surface area contributed by atoms with E-state index in [0.717, 1.165) is 47.4 Å². The fraction of sp³-hybridized carbons (Fsp3) is 0.462. The van der Waals surface area contributed by atoms with Gasteiger partial charge in [-0.05, 0) is 63.3 Å². The lowest BCUT2D eigenvalue weighted by molar-refractivity contribution is -0.138. The molecule has 3 aromatic rings. The van der Waals surface area contributed by atoms with Gasteiger partial charge in [0.1, 0.15) is 5.82 Å². The number of H-pyrrole nitrogens is 1. The van der Waals surface area contributed by atoms with Crippen LogP contribution in [0.25, 0.3) is 11.0 Å². The van der Waals surface area contributed by atoms with Crippen LogP contribution in [-0.2, 0) is 14.8 Å². The highest BCUT2D eigenvalue weighted by Crippen LogP contribution is 2.31. The second-order valence-corrected chi connectivity index (χ2v) is 11.6. The third-order valence-electron chi connectivity index (χ3n) is 7.28. The second-order valence-electron chi connectivity index (χ2n) is 9.71. The molecule has 1 unspecified atom stereocenters. The molecule has 0 bridgehead atoms. The summed E-state index contributed by atoms with van der Waals surface area (Å²) in [6.07, 6.45) is 3.09. The van der Waals surface area contributed by atoms with Crippen LogP contribution < -0.4 is 0 Å². The summed E-state index contributed by atoms with van der Waals surface area (Å²) in [4.78, 5) is 23.9. The molecule has 2 fully saturated rings. The monoisotopic (exact) mass is 480 g/mol. The van der Waals surface area contributed by atoms with Gasteiger partial charge in [-0.2, -0.15) is 4.31 Å². The Morgan fingerprint density at radius 3 is 2.53 bits per heavy atom. The molecule has 1 amide bonds. The van der Waals surface area contributed by atoms with Gasteiger partial charge in [0.05, 0.1) is 15.9 Å². The number of hydrogen-bond donors (Lipinski definition) is 1. The minimum absolute atomic E-state index is 0.125. The Hall–Kier alpha value is -2.71. The molecular weight excluding hydrogens is 448 g/mol. The van der Waals surface area contributed by atoms with Crippen molar-refractivity contribution in [2.24, 2.45) is 5.92 Å². The highest BCUT2D eigenvalue weighted by atomic mass is 32.2. The summed E-state index contributed by atoms with van der Waals surface area (Å²) in [7, 11) is -3.55. The van der Waals surface area contributed by atoms with Crippen molar-refractivity contribution >= 4 is 27.0 Å². The summed E-state index contributed by atoms with van der Waals surface area (Å²) in [6.45, 7) is 5.99. The largest absolute Gasteiger partial charge is 0.342 e. The van der Waals surface area contributed by atoms with Gasteiger partial charge in [0.2, 0.25) is 15.9 Å². The quantitative estimate of drug-likeness (QED) is 0.612. The second kappa shape index (κ2) is 9.15. The smallest absolute Gasteiger partial charge is 0.243 e. The van der Waals surface area contributed by atoms with E-state index in [0.29, 0.717) is 37.4 Å². The zero-order valence-electron chi connectivity index (χ0n) is 19.8. The van der Waals surface area contributed by atoms with Crippen molar-refractivity contribution in [2.45, 2.75) is 50.3 Å². The Labute approximate surface area is 201 Å². The molecule has 0 radical (unpaired) electrons. The molecule has 8 heteroatoms. The number of carbonyl (C=O) groups is 1. The number of nitrogens with zero attached hydrogens (tertiary/aromatic N) is 3. The van der Waals surface area contributed by atoms with Crippen molar-refractivity contribution in [3.05, 3.63) is 59.4 Å². The number of carbonyl (C=O) groups excluding carboxylic acids is 1. The molecule has 5 rings (SSSR count). The van der Waals surface area contributed by atoms with Crippen LogP contribution in [-0.4, -0.2) is 59.7 Å². The predicted molar refractivity (Wildman–Crippen MR) is 132 cm³/mol. The molecule has 3 heterocycles. The molecule has 180 valence electrons. The number of imidazole rings is 1. The molecule has 34 heavy (non-hydrogen) atoms. The van der Waals surface area contributed by atoms with E-state index in [-0.39, 0.29) is 17.7 Å². The van der Waals surface area contributed by atoms with Gasteiger partial charge in [0.25, 0.3) is 0 Å². The van der Waals surface area contributed by atoms with Crippen LogP contribution in [0.2, 0.25) is 0 Å². The van der Waals surface area contributed by atoms with E-state index < -0.39 is 10.0 Å². The number of amides is 1. The number of nitrogens with one attached hydrogen (secondary N) is 1. The summed E-state index contributed by atoms with van der Waals surface area (Å²) in [5.41, 5.74) is 3.79. The third-order valence-corrected chi connectivity index (χ3v) is 9.34. The van der Waals surface area contributed by atoms with Crippen LogP contribution in [0.4, 0.5) is 0 Å². The minimum atomic E-state index is -3.55. The molecule has 0 spiro atoms. The number of hydrogen-bond acceptors (Lipinski definition) is 4. The van der Waals surface area contributed by atoms with Crippen molar-refractivity contribution in [1.29, 1.82) is 0 Å². The van der Waals surface area contributed by atoms with Crippen molar-refractivity contribution < 1.29 is 13.2 Å². The Bertz CT molecular complexity index is 1280. The molecule has 2 aromatic carbocycles. The average Bonchev–Trinajstić information content (AvgIpc) is 3.28. The number of aryl methyl sites for hydroxylation is 2. The van der Waals surface area contributed by atoms with Gasteiger partial charge < -0.3 is 9.88 Å². The van der Waals surface area contributed by atoms with Gasteiger partial charge in [0, 0.05) is 38.0 Å². The maximum absolute atomic E-state index is 13.3. The SMILES string of the molecule is Cc1ccc(S(=O)(=O)N2CCC(C(=O)N3CCCC(c4nc5ccccc5[nH]4)C3)CC2)c(C)c1. The minimum Gasteiger partial charge on any atom is -0.342 e. The maximum atomic E-state index is 13.3. The summed E-state index contributed by atoms with van der Waals surface area (Å²) >= 11 is 0. The van der Waals surface area contributed by atoms with E-state index in [1.54, 1.807) is 10.4 Å². The van der Waals surface area contributed by atoms with Gasteiger partial charge >= 0.3 is 0 Å². The number of benzene rings is 2. The lowest BCUT2D eigenvalue weighted by atomic mass is 9.92. The van der Waals surface area contributed by atoms with Gasteiger partial charge in [-0.25, -0.2) is 13.4 Å². The summed E-state index contributed by atoms with van der Waals surface area (Å²) in [5, 5.41) is 0. The fourth-order valence-corrected chi connectivity index (χ4v) is 7.07. The molecule has 2 aliphatic rings. The summed E-state index contributed by atoms with van der Waals surface area (Å²) < 4.78 is 27.9. The number of fused-ring (bicyclic) bond motifs is 1. The zero-order valence-corrected chi connectivity index (χ0v) is 20.6. The molecule has 2 saturated heterocycles. The number of sulfonamides is 1. The van der Waals surface area contributed by atoms with Crippen LogP contribution in [0, 0.1) is 19.8 Å². The molecule has 1 aromatic heterocycles. The Balaban J connectivity index is 1.23. The Kier molecular flexibility index (Phi) is 6.20. The van der Waals surface area contributed by atoms with Crippen molar-refractivity contribution in [3.63, 3.8) is 0 Å². The standard InChI is InChI=1S/C26H32N4O3S/c1-18-9-10-24(19(2)16-18)34(32,33)30-14-11-20(12-15-30)26(31)29-13-5-6-21(17-29)25-27-22-7-3-4-8-23(22)28-25/h3-4,7-10,16,20-21H,5-6,11-15,17H2,1-2H3,(H,27,28). The first-order valence-electron chi connectivity index (χ1n) is 12.1. The maximum Gasteiger partial charge on any atom is 0.243 e. The van der Waals surface area contributed by atoms with Crippen molar-refractivity contribution in [2.75, 3.05) is 26.2 Å². The number of rotatable bonds is 4. The van der Waals surface area contributed by atoms with Crippen LogP contribution >= 0.6 is 0 Å². The molecule has 1 atom stereocenters. The highest BCUT2D eigenvalue weighted by molar-refractivity contribution is 7.89. The summed E-state index contributed by atoms with van der Waals surface area (Å²) in [5.74, 6) is 1.19. The molecule has 0 saturated carbocycles. The molecule has 1 N–H and O–H groups in total. The van der Waals surface area contributed by atoms with Crippen LogP contribution in [0.3, 0.4) is 0 Å². The topological polar surface area (TPSA) is 86.4 Å². The lowest BCUT2D eigenvalue weighted by Crippen LogP contribution is -2.47. The van der Waals surface area contributed by atoms with Crippen LogP contribution in [0.1, 0.15) is 48.6 Å². The number of para-hydroxylation sites is 2. The van der Waals surface area contributed by atoms with Gasteiger partial charge in [-0.15, -0.1) is 0 Å². The van der Waals surface area contributed by atoms with E-state index in [9.17, 15) is 13.2 Å². The number of aromatic nitrogens is 2. The van der Waals surface area contributed by atoms with Crippen molar-refractivity contribution in [1.82, 2.24) is 19.2 Å². The molecule has 0 aliphatic carbocycles. The van der Waals surface area contributed by atoms with Gasteiger partial charge in [-0.3, -0.25) is 4.79 Å². The molecule has 7 nitrogen and oxygen atoms in total. The molecular formula is C26H32N4O3S. The Morgan fingerprint density at radius 2 is 1.79 bits per heavy atom. The zero-order chi connectivity index (χ0) is 23.9. The molecule has 2 aliphatic heterocycles. The predicted octanol–water partition coefficient (Wildman–Crippen LogP) is 3.99. The van der Waals surface area contributed by atoms with Crippen molar-refractivity contribution in [3.8, 4) is 0 Å². The van der Waals surface area contributed by atoms with Gasteiger partial charge in [0.15, 0.2) is 0 Å². The normalized spacial score (nSPS) is 20.6. The number of piperidine rings is 2. The van der Waals surface area contributed by atoms with E-state index >= 15 is 0 Å². The fourth-order valence-electron chi connectivity index (χ4n) is 5.40. The third kappa shape index (κ3) is 4.36. The first kappa shape index (κ1) is 23.1. The van der Waals surface area contributed by atoms with E-state index in [1.807, 2.05) is 55.1 Å². The lowest BCUT2D eigenvalue weighted by Gasteiger charge is -2.37. The first-order valence-corrected chi connectivity index (χ1v) is 13.6. The van der Waals surface area contributed by atoms with Crippen LogP contribution in [0.5, 0.6) is 0 Å². The van der Waals surface area contributed by atoms with Crippen LogP contribution in [0.15, 0.2) is 47.4 Å². The summed E-state index contributed by atoms with van der Waals surface area (Å²) in [6, 6.07) is 13.4. The van der Waals surface area contributed by atoms with Gasteiger partial charge in [-0.1, -0.05) is 29.8 Å². The Morgan fingerprint density at radius 1 is 1.03 bits per heavy atom. The number of aromatic amines is 1. The first-order chi connectivity index (χ1) is 16.3. The average molecular weight is 481 g/mol. The van der Waals surface area contributed by atoms with E-state index in [1.165, 1.54) is 0 Å². The van der Waals surface area contributed by atoms with E-state index in [4.69, 9.17) is 4.98 Å². The van der Waals surface area contributed by atoms with E-state index in [2.05, 4.69) is 4.98 Å².